The molecular formula is C5Cl3N5P+. The van der Waals surface area contributed by atoms with Crippen LogP contribution in [0.1, 0.15) is 0 Å². The van der Waals surface area contributed by atoms with E-state index in [0.29, 0.717) is 22.5 Å². The van der Waals surface area contributed by atoms with Crippen molar-refractivity contribution in [2.75, 3.05) is 0 Å². The predicted molar refractivity (Wildman–Crippen MR) is 56.1 cm³/mol. The molecule has 9 heteroatoms. The summed E-state index contributed by atoms with van der Waals surface area (Å²) in [5.41, 5.74) is 1.43. The molecule has 1 atom stereocenters. The standard InChI is InChI=1S/C5Cl3N5P/c6-4-9-2-1(13(4)7)3-11-5(10-2)14(8)12-3/q+1. The van der Waals surface area contributed by atoms with E-state index in [1.54, 1.807) is 0 Å². The Hall–Kier alpha value is -0.480. The highest BCUT2D eigenvalue weighted by atomic mass is 35.7. The third kappa shape index (κ3) is 1.01. The molecule has 0 saturated heterocycles. The van der Waals surface area contributed by atoms with Gasteiger partial charge in [0.05, 0.1) is 0 Å². The van der Waals surface area contributed by atoms with Crippen LogP contribution in [0.15, 0.2) is 4.74 Å². The molecule has 0 radical (unpaired) electrons. The Kier molecular flexibility index (Phi) is 1.74. The first-order valence-corrected chi connectivity index (χ1v) is 6.38. The molecule has 3 rings (SSSR count). The van der Waals surface area contributed by atoms with E-state index in [-0.39, 0.29) is 5.28 Å². The molecule has 2 aromatic rings. The molecule has 1 unspecified atom stereocenters. The molecule has 0 fully saturated rings. The maximum Gasteiger partial charge on any atom is 0.406 e. The zero-order valence-corrected chi connectivity index (χ0v) is 9.48. The monoisotopic (exact) mass is 266 g/mol. The van der Waals surface area contributed by atoms with Crippen molar-refractivity contribution >= 4 is 64.2 Å². The largest absolute Gasteiger partial charge is 0.406 e. The van der Waals surface area contributed by atoms with E-state index in [0.717, 1.165) is 0 Å². The zero-order chi connectivity index (χ0) is 9.87. The van der Waals surface area contributed by atoms with Crippen LogP contribution in [0.3, 0.4) is 0 Å². The lowest BCUT2D eigenvalue weighted by atomic mass is 10.5. The first-order valence-electron chi connectivity index (χ1n) is 3.46. The normalized spacial score (nSPS) is 16.4. The van der Waals surface area contributed by atoms with Gasteiger partial charge in [0, 0.05) is 11.8 Å². The Morgan fingerprint density at radius 1 is 1.21 bits per heavy atom. The van der Waals surface area contributed by atoms with E-state index in [9.17, 15) is 0 Å². The SMILES string of the molecule is Clc1nc2nc3nc(c2n1Cl)N=[P+]3Cl. The number of halogens is 3. The maximum absolute atomic E-state index is 5.89. The topological polar surface area (TPSA) is 56.0 Å². The van der Waals surface area contributed by atoms with Crippen LogP contribution in [0.2, 0.25) is 5.28 Å². The number of fused-ring (bicyclic) bond motifs is 4. The van der Waals surface area contributed by atoms with Crippen molar-refractivity contribution < 1.29 is 0 Å². The summed E-state index contributed by atoms with van der Waals surface area (Å²) in [6, 6.07) is 0. The predicted octanol–water partition coefficient (Wildman–Crippen LogP) is 2.57. The van der Waals surface area contributed by atoms with Gasteiger partial charge in [0.15, 0.2) is 22.4 Å². The lowest BCUT2D eigenvalue weighted by Gasteiger charge is -1.89. The Bertz CT molecular complexity index is 591. The van der Waals surface area contributed by atoms with Crippen LogP contribution in [-0.2, 0) is 0 Å². The molecule has 5 nitrogen and oxygen atoms in total. The first-order chi connectivity index (χ1) is 6.66. The molecule has 1 aliphatic rings. The summed E-state index contributed by atoms with van der Waals surface area (Å²) in [4.78, 5) is 12.1. The molecule has 3 heterocycles. The molecule has 0 N–H and O–H groups in total. The maximum atomic E-state index is 5.89. The van der Waals surface area contributed by atoms with Gasteiger partial charge in [-0.15, -0.1) is 0 Å². The molecular weight excluding hydrogens is 267 g/mol. The van der Waals surface area contributed by atoms with E-state index < -0.39 is 7.07 Å². The Labute approximate surface area is 93.4 Å². The first kappa shape index (κ1) is 8.80. The van der Waals surface area contributed by atoms with Gasteiger partial charge in [-0.1, -0.05) is 0 Å². The van der Waals surface area contributed by atoms with Crippen molar-refractivity contribution in [2.24, 2.45) is 4.74 Å². The summed E-state index contributed by atoms with van der Waals surface area (Å²) >= 11 is 17.5. The number of hydrogen-bond acceptors (Lipinski definition) is 4. The fourth-order valence-electron chi connectivity index (χ4n) is 1.18. The van der Waals surface area contributed by atoms with E-state index in [4.69, 9.17) is 34.6 Å². The van der Waals surface area contributed by atoms with Gasteiger partial charge in [-0.25, -0.2) is 4.09 Å². The van der Waals surface area contributed by atoms with Crippen molar-refractivity contribution in [3.8, 4) is 0 Å². The fourth-order valence-corrected chi connectivity index (χ4v) is 2.72. The van der Waals surface area contributed by atoms with Crippen LogP contribution in [0.5, 0.6) is 0 Å². The van der Waals surface area contributed by atoms with Crippen LogP contribution < -0.4 is 5.57 Å². The molecule has 2 aromatic heterocycles. The van der Waals surface area contributed by atoms with Crippen LogP contribution in [-0.4, -0.2) is 19.0 Å². The van der Waals surface area contributed by atoms with E-state index in [1.165, 1.54) is 4.09 Å². The Balaban J connectivity index is 2.53. The smallest absolute Gasteiger partial charge is 0.218 e. The third-order valence-corrected chi connectivity index (χ3v) is 3.98. The summed E-state index contributed by atoms with van der Waals surface area (Å²) in [5.74, 6) is 0.459. The number of hydrogen-bond donors (Lipinski definition) is 0. The zero-order valence-electron chi connectivity index (χ0n) is 6.32. The minimum absolute atomic E-state index is 0.144. The lowest BCUT2D eigenvalue weighted by Crippen LogP contribution is -2.02. The highest BCUT2D eigenvalue weighted by Gasteiger charge is 2.32. The Morgan fingerprint density at radius 3 is 2.79 bits per heavy atom. The fraction of sp³-hybridized carbons (Fsp3) is 0. The number of rotatable bonds is 0. The van der Waals surface area contributed by atoms with Crippen molar-refractivity contribution in [3.63, 3.8) is 0 Å². The highest BCUT2D eigenvalue weighted by molar-refractivity contribution is 7.82. The molecule has 0 saturated carbocycles. The number of nitrogens with zero attached hydrogens (tertiary/aromatic N) is 5. The summed E-state index contributed by atoms with van der Waals surface area (Å²) in [6.07, 6.45) is 0. The third-order valence-electron chi connectivity index (χ3n) is 1.74. The van der Waals surface area contributed by atoms with Crippen LogP contribution in [0.4, 0.5) is 5.82 Å². The van der Waals surface area contributed by atoms with Crippen LogP contribution >= 0.6 is 41.7 Å². The summed E-state index contributed by atoms with van der Waals surface area (Å²) < 4.78 is 5.28. The van der Waals surface area contributed by atoms with Gasteiger partial charge < -0.3 is 0 Å². The van der Waals surface area contributed by atoms with Crippen molar-refractivity contribution in [1.82, 2.24) is 19.0 Å². The van der Waals surface area contributed by atoms with E-state index in [1.807, 2.05) is 0 Å². The highest BCUT2D eigenvalue weighted by Crippen LogP contribution is 2.41. The Morgan fingerprint density at radius 2 is 2.00 bits per heavy atom. The second-order valence-electron chi connectivity index (χ2n) is 2.54. The lowest BCUT2D eigenvalue weighted by molar-refractivity contribution is 1.24. The molecule has 0 aliphatic carbocycles. The van der Waals surface area contributed by atoms with Crippen LogP contribution in [0.25, 0.3) is 11.2 Å². The van der Waals surface area contributed by atoms with Gasteiger partial charge in [-0.3, -0.25) is 0 Å². The molecule has 70 valence electrons. The average Bonchev–Trinajstić information content (AvgIpc) is 2.56. The summed E-state index contributed by atoms with van der Waals surface area (Å²) in [6.45, 7) is 0. The second kappa shape index (κ2) is 2.76. The van der Waals surface area contributed by atoms with Gasteiger partial charge in [0.1, 0.15) is 0 Å². The van der Waals surface area contributed by atoms with Crippen molar-refractivity contribution in [3.05, 3.63) is 5.28 Å². The van der Waals surface area contributed by atoms with Gasteiger partial charge in [-0.05, 0) is 16.3 Å². The minimum Gasteiger partial charge on any atom is -0.218 e. The molecule has 0 spiro atoms. The van der Waals surface area contributed by atoms with Gasteiger partial charge >= 0.3 is 12.6 Å². The molecule has 0 amide bonds. The second-order valence-corrected chi connectivity index (χ2v) is 5.30. The van der Waals surface area contributed by atoms with E-state index in [2.05, 4.69) is 19.7 Å². The molecule has 2 bridgehead atoms. The van der Waals surface area contributed by atoms with Gasteiger partial charge in [0.25, 0.3) is 0 Å². The van der Waals surface area contributed by atoms with Crippen molar-refractivity contribution in [2.45, 2.75) is 0 Å². The number of imidazole rings is 1. The minimum atomic E-state index is -1.16. The molecule has 1 aliphatic heterocycles. The average molecular weight is 267 g/mol. The van der Waals surface area contributed by atoms with E-state index >= 15 is 0 Å². The molecule has 14 heavy (non-hydrogen) atoms. The number of aromatic nitrogens is 4. The quantitative estimate of drug-likeness (QED) is 0.544. The van der Waals surface area contributed by atoms with Crippen LogP contribution in [0, 0.1) is 0 Å². The van der Waals surface area contributed by atoms with Gasteiger partial charge in [0.2, 0.25) is 11.1 Å². The van der Waals surface area contributed by atoms with Gasteiger partial charge in [-0.2, -0.15) is 15.0 Å². The van der Waals surface area contributed by atoms with Crippen molar-refractivity contribution in [1.29, 1.82) is 0 Å². The summed E-state index contributed by atoms with van der Waals surface area (Å²) in [7, 11) is -1.16. The summed E-state index contributed by atoms with van der Waals surface area (Å²) in [5, 5.41) is 0.144. The molecule has 0 aromatic carbocycles.